The fraction of sp³-hybridized carbons (Fsp3) is 0.469. The molecule has 0 spiro atoms. The summed E-state index contributed by atoms with van der Waals surface area (Å²) in [4.78, 5) is 58.8. The second-order valence-corrected chi connectivity index (χ2v) is 13.0. The molecule has 234 valence electrons. The van der Waals surface area contributed by atoms with Gasteiger partial charge < -0.3 is 19.1 Å². The van der Waals surface area contributed by atoms with Gasteiger partial charge in [-0.1, -0.05) is 12.1 Å². The monoisotopic (exact) mass is 607 g/mol. The molecule has 12 heteroatoms. The molecule has 3 amide bonds. The van der Waals surface area contributed by atoms with Crippen molar-refractivity contribution in [1.29, 1.82) is 0 Å². The van der Waals surface area contributed by atoms with E-state index in [0.717, 1.165) is 17.3 Å². The van der Waals surface area contributed by atoms with E-state index in [-0.39, 0.29) is 29.9 Å². The van der Waals surface area contributed by atoms with Gasteiger partial charge >= 0.3 is 12.1 Å². The molecule has 3 heterocycles. The van der Waals surface area contributed by atoms with Gasteiger partial charge in [0.1, 0.15) is 29.6 Å². The molecule has 2 atom stereocenters. The predicted molar refractivity (Wildman–Crippen MR) is 158 cm³/mol. The van der Waals surface area contributed by atoms with Crippen molar-refractivity contribution in [3.63, 3.8) is 0 Å². The van der Waals surface area contributed by atoms with Gasteiger partial charge in [0.15, 0.2) is 7.05 Å². The van der Waals surface area contributed by atoms with Gasteiger partial charge in [0, 0.05) is 12.6 Å². The number of esters is 1. The molecule has 12 nitrogen and oxygen atoms in total. The lowest BCUT2D eigenvalue weighted by Gasteiger charge is -2.25. The number of hydrogen-bond acceptors (Lipinski definition) is 8. The van der Waals surface area contributed by atoms with Crippen LogP contribution in [0.15, 0.2) is 48.7 Å². The summed E-state index contributed by atoms with van der Waals surface area (Å²) in [5.41, 5.74) is -0.0622. The van der Waals surface area contributed by atoms with Crippen molar-refractivity contribution in [1.82, 2.24) is 14.6 Å². The highest BCUT2D eigenvalue weighted by Gasteiger charge is 2.41. The zero-order valence-electron chi connectivity index (χ0n) is 26.2. The fourth-order valence-electron chi connectivity index (χ4n) is 5.25. The van der Waals surface area contributed by atoms with Gasteiger partial charge in [0.2, 0.25) is 11.6 Å². The molecule has 2 aliphatic heterocycles. The number of hydrogen-bond donors (Lipinski definition) is 0. The van der Waals surface area contributed by atoms with Crippen LogP contribution in [0.2, 0.25) is 0 Å². The number of nitrogens with zero attached hydrogens (tertiary/aromatic N) is 4. The van der Waals surface area contributed by atoms with Crippen molar-refractivity contribution in [3.8, 4) is 5.75 Å². The Morgan fingerprint density at radius 2 is 1.59 bits per heavy atom. The highest BCUT2D eigenvalue weighted by Crippen LogP contribution is 2.27. The number of hydroxylamine groups is 2. The lowest BCUT2D eigenvalue weighted by molar-refractivity contribution is -0.733. The number of likely N-dealkylation sites (tertiary alicyclic amines) is 1. The largest absolute Gasteiger partial charge is 0.490 e. The number of carbonyl (C=O) groups excluding carboxylic acids is 4. The smallest absolute Gasteiger partial charge is 0.410 e. The maximum absolute atomic E-state index is 13.1. The number of benzene rings is 2. The lowest BCUT2D eigenvalue weighted by Crippen LogP contribution is -2.43. The number of aryl methyl sites for hydroxylation is 1. The minimum absolute atomic E-state index is 0.0638. The van der Waals surface area contributed by atoms with Crippen LogP contribution in [0.5, 0.6) is 5.75 Å². The number of ether oxygens (including phenoxy) is 3. The number of amides is 3. The second-order valence-electron chi connectivity index (χ2n) is 13.0. The fourth-order valence-corrected chi connectivity index (χ4v) is 5.25. The summed E-state index contributed by atoms with van der Waals surface area (Å²) in [6.07, 6.45) is 1.05. The van der Waals surface area contributed by atoms with Crippen LogP contribution in [0.4, 0.5) is 4.79 Å². The average molecular weight is 608 g/mol. The van der Waals surface area contributed by atoms with Gasteiger partial charge in [-0.15, -0.1) is 9.75 Å². The Bertz CT molecular complexity index is 1580. The molecular formula is C32H39N4O8+. The predicted octanol–water partition coefficient (Wildman–Crippen LogP) is 3.96. The van der Waals surface area contributed by atoms with Gasteiger partial charge in [0.25, 0.3) is 11.8 Å². The Morgan fingerprint density at radius 1 is 0.955 bits per heavy atom. The van der Waals surface area contributed by atoms with Crippen LogP contribution in [0.3, 0.4) is 0 Å². The Morgan fingerprint density at radius 3 is 2.20 bits per heavy atom. The van der Waals surface area contributed by atoms with E-state index in [1.807, 2.05) is 50.8 Å². The summed E-state index contributed by atoms with van der Waals surface area (Å²) in [6.45, 7) is 11.5. The summed E-state index contributed by atoms with van der Waals surface area (Å²) in [5, 5.41) is 1.48. The number of imide groups is 1. The van der Waals surface area contributed by atoms with E-state index in [2.05, 4.69) is 4.68 Å². The van der Waals surface area contributed by atoms with E-state index in [1.54, 1.807) is 43.9 Å². The van der Waals surface area contributed by atoms with Crippen molar-refractivity contribution in [2.24, 2.45) is 7.05 Å². The number of carbonyl (C=O) groups is 4. The van der Waals surface area contributed by atoms with Crippen LogP contribution >= 0.6 is 0 Å². The quantitative estimate of drug-likeness (QED) is 0.225. The van der Waals surface area contributed by atoms with Crippen molar-refractivity contribution < 1.29 is 42.9 Å². The molecule has 44 heavy (non-hydrogen) atoms. The Hall–Kier alpha value is -4.45. The summed E-state index contributed by atoms with van der Waals surface area (Å²) in [5.74, 6) is -1.64. The number of aromatic nitrogens is 2. The van der Waals surface area contributed by atoms with Crippen LogP contribution in [-0.2, 0) is 26.2 Å². The van der Waals surface area contributed by atoms with E-state index >= 15 is 0 Å². The minimum Gasteiger partial charge on any atom is -0.490 e. The summed E-state index contributed by atoms with van der Waals surface area (Å²) >= 11 is 0. The molecule has 0 saturated carbocycles. The zero-order valence-corrected chi connectivity index (χ0v) is 26.2. The van der Waals surface area contributed by atoms with E-state index in [4.69, 9.17) is 19.0 Å². The molecule has 1 saturated heterocycles. The first-order chi connectivity index (χ1) is 20.6. The molecule has 0 aliphatic carbocycles. The summed E-state index contributed by atoms with van der Waals surface area (Å²) in [7, 11) is 1.95. The average Bonchev–Trinajstić information content (AvgIpc) is 3.61. The Labute approximate surface area is 255 Å². The molecule has 1 aromatic heterocycles. The van der Waals surface area contributed by atoms with Gasteiger partial charge in [0.05, 0.1) is 29.3 Å². The van der Waals surface area contributed by atoms with Crippen molar-refractivity contribution in [3.05, 3.63) is 59.8 Å². The molecule has 0 unspecified atom stereocenters. The highest BCUT2D eigenvalue weighted by molar-refractivity contribution is 6.20. The standard InChI is InChI=1S/C32H39N4O8/c1-31(2,3)42-29(39)26(44-36-27(37)23-10-8-9-11-24(23)28(36)38)19-41-22-12-13-25-20(16-22)17-35(33(25)7)21-14-15-34(18-21)30(40)43-32(4,5)6/h8-13,16-17,21,26H,14-15,18-19H2,1-7H3/q+1/t21-,26+/m1/s1. The van der Waals surface area contributed by atoms with E-state index in [1.165, 1.54) is 12.1 Å². The van der Waals surface area contributed by atoms with Gasteiger partial charge in [-0.25, -0.2) is 14.4 Å². The third-order valence-electron chi connectivity index (χ3n) is 7.22. The highest BCUT2D eigenvalue weighted by atomic mass is 16.7. The first kappa shape index (κ1) is 31.0. The van der Waals surface area contributed by atoms with Gasteiger partial charge in [-0.3, -0.25) is 9.59 Å². The third-order valence-corrected chi connectivity index (χ3v) is 7.22. The van der Waals surface area contributed by atoms with Crippen molar-refractivity contribution in [2.45, 2.75) is 71.3 Å². The second kappa shape index (κ2) is 11.6. The molecule has 3 aromatic rings. The molecule has 2 aromatic carbocycles. The molecule has 2 aliphatic rings. The van der Waals surface area contributed by atoms with Gasteiger partial charge in [-0.05, 0) is 72.2 Å². The zero-order chi connectivity index (χ0) is 32.0. The van der Waals surface area contributed by atoms with Crippen LogP contribution in [0.25, 0.3) is 10.9 Å². The number of rotatable bonds is 7. The molecular weight excluding hydrogens is 568 g/mol. The first-order valence-corrected chi connectivity index (χ1v) is 14.6. The van der Waals surface area contributed by atoms with Crippen LogP contribution in [0.1, 0.15) is 74.7 Å². The van der Waals surface area contributed by atoms with Crippen molar-refractivity contribution in [2.75, 3.05) is 19.7 Å². The van der Waals surface area contributed by atoms with Gasteiger partial charge in [-0.2, -0.15) is 4.68 Å². The molecule has 0 N–H and O–H groups in total. The van der Waals surface area contributed by atoms with E-state index < -0.39 is 35.1 Å². The van der Waals surface area contributed by atoms with E-state index in [0.29, 0.717) is 23.9 Å². The molecule has 0 bridgehead atoms. The SMILES string of the molecule is C[n+]1c2ccc(OC[C@H](ON3C(=O)c4ccccc4C3=O)C(=O)OC(C)(C)C)cc2cn1[C@@H]1CCN(C(=O)OC(C)(C)C)C1. The number of fused-ring (bicyclic) bond motifs is 2. The van der Waals surface area contributed by atoms with Crippen LogP contribution in [-0.4, -0.2) is 75.5 Å². The Kier molecular flexibility index (Phi) is 8.15. The lowest BCUT2D eigenvalue weighted by atomic mass is 10.1. The molecule has 0 radical (unpaired) electrons. The summed E-state index contributed by atoms with van der Waals surface area (Å²) in [6, 6.07) is 11.9. The minimum atomic E-state index is -1.40. The molecule has 5 rings (SSSR count). The van der Waals surface area contributed by atoms with Crippen LogP contribution < -0.4 is 9.42 Å². The normalized spacial score (nSPS) is 17.7. The first-order valence-electron chi connectivity index (χ1n) is 14.6. The molecule has 1 fully saturated rings. The maximum atomic E-state index is 13.1. The van der Waals surface area contributed by atoms with Crippen molar-refractivity contribution >= 4 is 34.8 Å². The third kappa shape index (κ3) is 6.54. The Balaban J connectivity index is 1.31. The topological polar surface area (TPSA) is 120 Å². The van der Waals surface area contributed by atoms with Crippen LogP contribution in [0, 0.1) is 0 Å². The summed E-state index contributed by atoms with van der Waals surface area (Å²) < 4.78 is 21.1. The van der Waals surface area contributed by atoms with E-state index in [9.17, 15) is 19.2 Å². The maximum Gasteiger partial charge on any atom is 0.410 e.